The third-order valence-electron chi connectivity index (χ3n) is 1.81. The molecule has 0 aliphatic carbocycles. The van der Waals surface area contributed by atoms with Gasteiger partial charge in [0, 0.05) is 17.6 Å². The van der Waals surface area contributed by atoms with Crippen molar-refractivity contribution >= 4 is 11.5 Å². The summed E-state index contributed by atoms with van der Waals surface area (Å²) in [6.07, 6.45) is -3.04. The molecule has 0 aromatic carbocycles. The molecule has 7 heteroatoms. The summed E-state index contributed by atoms with van der Waals surface area (Å²) < 4.78 is 36.0. The fraction of sp³-hybridized carbons (Fsp3) is 0.333. The van der Waals surface area contributed by atoms with Crippen molar-refractivity contribution in [2.45, 2.75) is 13.1 Å². The molecule has 0 aliphatic rings. The summed E-state index contributed by atoms with van der Waals surface area (Å²) in [5, 5.41) is 9.39. The lowest BCUT2D eigenvalue weighted by atomic mass is 10.2. The minimum absolute atomic E-state index is 0.162. The van der Waals surface area contributed by atoms with E-state index in [9.17, 15) is 13.2 Å². The van der Waals surface area contributed by atoms with Crippen LogP contribution in [-0.2, 0) is 0 Å². The topological polar surface area (TPSA) is 74.8 Å². The van der Waals surface area contributed by atoms with Crippen molar-refractivity contribution in [3.63, 3.8) is 0 Å². The van der Waals surface area contributed by atoms with Gasteiger partial charge in [0.25, 0.3) is 0 Å². The van der Waals surface area contributed by atoms with Crippen LogP contribution in [0.5, 0.6) is 0 Å². The zero-order valence-corrected chi connectivity index (χ0v) is 8.52. The lowest BCUT2D eigenvalue weighted by molar-refractivity contribution is -0.115. The number of nitrogens with one attached hydrogen (secondary N) is 2. The van der Waals surface area contributed by atoms with Gasteiger partial charge in [-0.15, -0.1) is 0 Å². The standard InChI is InChI=1S/C9H11F3N4/c1-5-2-7(16-4-9(10,11)12)6(3-15-5)8(13)14/h2-3H,4H2,1H3,(H3,13,14)(H,15,16). The molecule has 0 saturated carbocycles. The Balaban J connectivity index is 2.93. The highest BCUT2D eigenvalue weighted by atomic mass is 19.4. The first-order valence-corrected chi connectivity index (χ1v) is 4.41. The number of hydrogen-bond donors (Lipinski definition) is 3. The van der Waals surface area contributed by atoms with Gasteiger partial charge >= 0.3 is 6.18 Å². The van der Waals surface area contributed by atoms with Crippen molar-refractivity contribution in [2.24, 2.45) is 5.73 Å². The molecule has 4 N–H and O–H groups in total. The van der Waals surface area contributed by atoms with Gasteiger partial charge in [0.05, 0.1) is 5.56 Å². The quantitative estimate of drug-likeness (QED) is 0.548. The molecule has 1 aromatic heterocycles. The number of aromatic nitrogens is 1. The summed E-state index contributed by atoms with van der Waals surface area (Å²) in [7, 11) is 0. The monoisotopic (exact) mass is 232 g/mol. The molecule has 0 amide bonds. The highest BCUT2D eigenvalue weighted by molar-refractivity contribution is 6.00. The number of halogens is 3. The maximum Gasteiger partial charge on any atom is 0.405 e. The molecule has 0 aliphatic heterocycles. The summed E-state index contributed by atoms with van der Waals surface area (Å²) in [5.74, 6) is -0.322. The van der Waals surface area contributed by atoms with Crippen LogP contribution in [0.4, 0.5) is 18.9 Å². The first-order chi connectivity index (χ1) is 7.29. The predicted octanol–water partition coefficient (Wildman–Crippen LogP) is 1.65. The van der Waals surface area contributed by atoms with Crippen molar-refractivity contribution < 1.29 is 13.2 Å². The van der Waals surface area contributed by atoms with Gasteiger partial charge in [-0.2, -0.15) is 13.2 Å². The lowest BCUT2D eigenvalue weighted by Crippen LogP contribution is -2.23. The molecule has 1 aromatic rings. The Kier molecular flexibility index (Phi) is 3.36. The van der Waals surface area contributed by atoms with Crippen LogP contribution in [0.2, 0.25) is 0 Å². The van der Waals surface area contributed by atoms with E-state index in [1.165, 1.54) is 12.3 Å². The number of hydrogen-bond acceptors (Lipinski definition) is 3. The van der Waals surface area contributed by atoms with Crippen LogP contribution in [0, 0.1) is 12.3 Å². The highest BCUT2D eigenvalue weighted by Crippen LogP contribution is 2.19. The van der Waals surface area contributed by atoms with Crippen molar-refractivity contribution in [2.75, 3.05) is 11.9 Å². The van der Waals surface area contributed by atoms with E-state index in [1.807, 2.05) is 0 Å². The molecule has 1 heterocycles. The van der Waals surface area contributed by atoms with Crippen molar-refractivity contribution in [1.29, 1.82) is 5.41 Å². The SMILES string of the molecule is Cc1cc(NCC(F)(F)F)c(C(=N)N)cn1. The summed E-state index contributed by atoms with van der Waals surface area (Å²) >= 11 is 0. The number of rotatable bonds is 3. The molecule has 0 unspecified atom stereocenters. The molecular weight excluding hydrogens is 221 g/mol. The Hall–Kier alpha value is -1.79. The minimum atomic E-state index is -4.31. The molecule has 0 radical (unpaired) electrons. The largest absolute Gasteiger partial charge is 0.405 e. The average molecular weight is 232 g/mol. The molecule has 0 saturated heterocycles. The maximum atomic E-state index is 12.0. The first kappa shape index (κ1) is 12.3. The third kappa shape index (κ3) is 3.41. The third-order valence-corrected chi connectivity index (χ3v) is 1.81. The van der Waals surface area contributed by atoms with Crippen LogP contribution in [0.15, 0.2) is 12.3 Å². The van der Waals surface area contributed by atoms with Crippen LogP contribution in [-0.4, -0.2) is 23.5 Å². The number of anilines is 1. The van der Waals surface area contributed by atoms with E-state index in [-0.39, 0.29) is 17.1 Å². The molecule has 0 fully saturated rings. The second-order valence-corrected chi connectivity index (χ2v) is 3.25. The van der Waals surface area contributed by atoms with E-state index in [0.717, 1.165) is 0 Å². The second kappa shape index (κ2) is 4.38. The number of alkyl halides is 3. The molecule has 1 rings (SSSR count). The number of aryl methyl sites for hydroxylation is 1. The lowest BCUT2D eigenvalue weighted by Gasteiger charge is -2.13. The van der Waals surface area contributed by atoms with E-state index in [4.69, 9.17) is 11.1 Å². The van der Waals surface area contributed by atoms with Crippen LogP contribution >= 0.6 is 0 Å². The van der Waals surface area contributed by atoms with Crippen molar-refractivity contribution in [3.05, 3.63) is 23.5 Å². The summed E-state index contributed by atoms with van der Waals surface area (Å²) in [4.78, 5) is 3.86. The van der Waals surface area contributed by atoms with Gasteiger partial charge in [-0.1, -0.05) is 0 Å². The minimum Gasteiger partial charge on any atom is -0.384 e. The smallest absolute Gasteiger partial charge is 0.384 e. The summed E-state index contributed by atoms with van der Waals surface area (Å²) in [6.45, 7) is 0.472. The molecular formula is C9H11F3N4. The zero-order valence-electron chi connectivity index (χ0n) is 8.52. The number of pyridine rings is 1. The molecule has 0 bridgehead atoms. The number of nitrogen functional groups attached to an aromatic ring is 1. The van der Waals surface area contributed by atoms with Gasteiger partial charge in [-0.05, 0) is 13.0 Å². The number of nitrogens with zero attached hydrogens (tertiary/aromatic N) is 1. The number of amidine groups is 1. The van der Waals surface area contributed by atoms with Crippen LogP contribution in [0.25, 0.3) is 0 Å². The molecule has 0 atom stereocenters. The Morgan fingerprint density at radius 2 is 2.19 bits per heavy atom. The summed E-state index contributed by atoms with van der Waals surface area (Å²) in [6, 6.07) is 1.42. The van der Waals surface area contributed by atoms with Gasteiger partial charge in [-0.25, -0.2) is 0 Å². The van der Waals surface area contributed by atoms with Crippen LogP contribution in [0.1, 0.15) is 11.3 Å². The van der Waals surface area contributed by atoms with Gasteiger partial charge < -0.3 is 11.1 Å². The molecule has 88 valence electrons. The predicted molar refractivity (Wildman–Crippen MR) is 54.5 cm³/mol. The molecule has 16 heavy (non-hydrogen) atoms. The fourth-order valence-corrected chi connectivity index (χ4v) is 1.12. The maximum absolute atomic E-state index is 12.0. The van der Waals surface area contributed by atoms with Crippen LogP contribution < -0.4 is 11.1 Å². The molecule has 4 nitrogen and oxygen atoms in total. The Labute approximate surface area is 90.2 Å². The van der Waals surface area contributed by atoms with Crippen molar-refractivity contribution in [3.8, 4) is 0 Å². The average Bonchev–Trinajstić information content (AvgIpc) is 2.13. The van der Waals surface area contributed by atoms with Crippen molar-refractivity contribution in [1.82, 2.24) is 4.98 Å². The summed E-state index contributed by atoms with van der Waals surface area (Å²) in [5.41, 5.74) is 6.10. The fourth-order valence-electron chi connectivity index (χ4n) is 1.12. The van der Waals surface area contributed by atoms with E-state index >= 15 is 0 Å². The van der Waals surface area contributed by atoms with Crippen LogP contribution in [0.3, 0.4) is 0 Å². The number of nitrogens with two attached hydrogens (primary N) is 1. The normalized spacial score (nSPS) is 11.2. The van der Waals surface area contributed by atoms with E-state index < -0.39 is 12.7 Å². The van der Waals surface area contributed by atoms with Gasteiger partial charge in [0.1, 0.15) is 12.4 Å². The Morgan fingerprint density at radius 1 is 1.56 bits per heavy atom. The molecule has 0 spiro atoms. The second-order valence-electron chi connectivity index (χ2n) is 3.25. The van der Waals surface area contributed by atoms with Gasteiger partial charge in [0.2, 0.25) is 0 Å². The Morgan fingerprint density at radius 3 is 2.69 bits per heavy atom. The zero-order chi connectivity index (χ0) is 12.3. The van der Waals surface area contributed by atoms with E-state index in [2.05, 4.69) is 10.3 Å². The van der Waals surface area contributed by atoms with E-state index in [0.29, 0.717) is 5.69 Å². The highest BCUT2D eigenvalue weighted by Gasteiger charge is 2.27. The van der Waals surface area contributed by atoms with Gasteiger partial charge in [-0.3, -0.25) is 10.4 Å². The first-order valence-electron chi connectivity index (χ1n) is 4.41. The van der Waals surface area contributed by atoms with Gasteiger partial charge in [0.15, 0.2) is 0 Å². The van der Waals surface area contributed by atoms with E-state index in [1.54, 1.807) is 6.92 Å². The Bertz CT molecular complexity index is 400.